The number of nitrogens with one attached hydrogen (secondary N) is 1. The van der Waals surface area contributed by atoms with Crippen LogP contribution in [0.3, 0.4) is 0 Å². The molecule has 5 nitrogen and oxygen atoms in total. The van der Waals surface area contributed by atoms with Gasteiger partial charge in [-0.2, -0.15) is 0 Å². The molecule has 1 fully saturated rings. The second-order valence-corrected chi connectivity index (χ2v) is 3.70. The smallest absolute Gasteiger partial charge is 0.319 e. The molecule has 0 spiro atoms. The second kappa shape index (κ2) is 3.55. The number of anilines is 1. The van der Waals surface area contributed by atoms with Gasteiger partial charge < -0.3 is 10.4 Å². The first-order valence-electron chi connectivity index (χ1n) is 4.71. The van der Waals surface area contributed by atoms with E-state index < -0.39 is 23.1 Å². The summed E-state index contributed by atoms with van der Waals surface area (Å²) in [5.74, 6) is -2.53. The Labute approximate surface area is 90.3 Å². The lowest BCUT2D eigenvalue weighted by atomic mass is 10.1. The van der Waals surface area contributed by atoms with Crippen molar-refractivity contribution in [3.8, 4) is 0 Å². The Morgan fingerprint density at radius 1 is 1.50 bits per heavy atom. The average Bonchev–Trinajstić information content (AvgIpc) is 3.02. The molecule has 0 aromatic carbocycles. The van der Waals surface area contributed by atoms with Crippen molar-refractivity contribution in [3.05, 3.63) is 24.3 Å². The van der Waals surface area contributed by atoms with E-state index in [1.165, 1.54) is 12.3 Å². The van der Waals surface area contributed by atoms with Crippen LogP contribution in [0.1, 0.15) is 12.8 Å². The number of rotatable bonds is 3. The zero-order valence-corrected chi connectivity index (χ0v) is 8.24. The Bertz CT molecular complexity index is 457. The summed E-state index contributed by atoms with van der Waals surface area (Å²) in [7, 11) is 0. The number of carboxylic acid groups (broad SMARTS) is 1. The quantitative estimate of drug-likeness (QED) is 0.751. The van der Waals surface area contributed by atoms with Crippen LogP contribution in [0.5, 0.6) is 0 Å². The van der Waals surface area contributed by atoms with Gasteiger partial charge in [0.15, 0.2) is 5.82 Å². The van der Waals surface area contributed by atoms with Gasteiger partial charge in [0.05, 0.1) is 11.9 Å². The standard InChI is InChI=1S/C10H9FN2O3/c11-6-5-12-4-1-7(6)13-8(14)10(2-3-10)9(15)16/h1,4-5H,2-3H2,(H,15,16)(H,12,13,14). The molecule has 0 saturated heterocycles. The third kappa shape index (κ3) is 1.62. The van der Waals surface area contributed by atoms with Crippen LogP contribution in [0, 0.1) is 11.2 Å². The van der Waals surface area contributed by atoms with Crippen molar-refractivity contribution in [1.29, 1.82) is 0 Å². The molecule has 1 aliphatic carbocycles. The molecule has 1 heterocycles. The van der Waals surface area contributed by atoms with Gasteiger partial charge in [-0.15, -0.1) is 0 Å². The number of halogens is 1. The van der Waals surface area contributed by atoms with Gasteiger partial charge in [-0.25, -0.2) is 4.39 Å². The van der Waals surface area contributed by atoms with Crippen LogP contribution in [0.2, 0.25) is 0 Å². The lowest BCUT2D eigenvalue weighted by Crippen LogP contribution is -2.31. The lowest BCUT2D eigenvalue weighted by Gasteiger charge is -2.10. The largest absolute Gasteiger partial charge is 0.480 e. The Balaban J connectivity index is 2.15. The number of aliphatic carboxylic acids is 1. The first-order chi connectivity index (χ1) is 7.56. The summed E-state index contributed by atoms with van der Waals surface area (Å²) >= 11 is 0. The predicted molar refractivity (Wildman–Crippen MR) is 52.1 cm³/mol. The maximum absolute atomic E-state index is 13.1. The molecule has 6 heteroatoms. The summed E-state index contributed by atoms with van der Waals surface area (Å²) in [6.07, 6.45) is 2.86. The van der Waals surface area contributed by atoms with E-state index in [4.69, 9.17) is 5.11 Å². The molecule has 1 aromatic heterocycles. The van der Waals surface area contributed by atoms with Gasteiger partial charge in [-0.05, 0) is 18.9 Å². The van der Waals surface area contributed by atoms with E-state index in [2.05, 4.69) is 10.3 Å². The highest BCUT2D eigenvalue weighted by molar-refractivity contribution is 6.10. The molecule has 0 radical (unpaired) electrons. The number of hydrogen-bond donors (Lipinski definition) is 2. The summed E-state index contributed by atoms with van der Waals surface area (Å²) in [4.78, 5) is 26.0. The second-order valence-electron chi connectivity index (χ2n) is 3.70. The first-order valence-corrected chi connectivity index (χ1v) is 4.71. The summed E-state index contributed by atoms with van der Waals surface area (Å²) in [5.41, 5.74) is -1.41. The molecular formula is C10H9FN2O3. The van der Waals surface area contributed by atoms with Gasteiger partial charge in [0.2, 0.25) is 5.91 Å². The summed E-state index contributed by atoms with van der Waals surface area (Å²) in [6.45, 7) is 0. The first kappa shape index (κ1) is 10.5. The zero-order valence-electron chi connectivity index (χ0n) is 8.24. The number of aromatic nitrogens is 1. The maximum atomic E-state index is 13.1. The van der Waals surface area contributed by atoms with Crippen LogP contribution in [0.25, 0.3) is 0 Å². The number of carboxylic acids is 1. The molecule has 0 bridgehead atoms. The van der Waals surface area contributed by atoms with Crippen LogP contribution in [-0.2, 0) is 9.59 Å². The average molecular weight is 224 g/mol. The molecular weight excluding hydrogens is 215 g/mol. The summed E-state index contributed by atoms with van der Waals surface area (Å²) in [5, 5.41) is 11.1. The van der Waals surface area contributed by atoms with E-state index in [9.17, 15) is 14.0 Å². The van der Waals surface area contributed by atoms with E-state index in [0.717, 1.165) is 6.20 Å². The Kier molecular flexibility index (Phi) is 2.34. The maximum Gasteiger partial charge on any atom is 0.319 e. The van der Waals surface area contributed by atoms with Crippen molar-refractivity contribution in [2.75, 3.05) is 5.32 Å². The van der Waals surface area contributed by atoms with Crippen LogP contribution in [0.4, 0.5) is 10.1 Å². The molecule has 1 saturated carbocycles. The topological polar surface area (TPSA) is 79.3 Å². The minimum absolute atomic E-state index is 0.0486. The van der Waals surface area contributed by atoms with E-state index in [1.807, 2.05) is 0 Å². The molecule has 0 atom stereocenters. The van der Waals surface area contributed by atoms with Crippen molar-refractivity contribution in [3.63, 3.8) is 0 Å². The Hall–Kier alpha value is -1.98. The third-order valence-corrected chi connectivity index (χ3v) is 2.61. The zero-order chi connectivity index (χ0) is 11.8. The third-order valence-electron chi connectivity index (χ3n) is 2.61. The molecule has 2 N–H and O–H groups in total. The molecule has 1 amide bonds. The van der Waals surface area contributed by atoms with Crippen LogP contribution >= 0.6 is 0 Å². The lowest BCUT2D eigenvalue weighted by molar-refractivity contribution is -0.147. The molecule has 0 unspecified atom stereocenters. The molecule has 1 aliphatic rings. The fourth-order valence-electron chi connectivity index (χ4n) is 1.38. The monoisotopic (exact) mass is 224 g/mol. The molecule has 1 aromatic rings. The van der Waals surface area contributed by atoms with Gasteiger partial charge in [0, 0.05) is 6.20 Å². The van der Waals surface area contributed by atoms with Gasteiger partial charge in [-0.1, -0.05) is 0 Å². The van der Waals surface area contributed by atoms with E-state index in [-0.39, 0.29) is 5.69 Å². The Morgan fingerprint density at radius 3 is 2.69 bits per heavy atom. The highest BCUT2D eigenvalue weighted by atomic mass is 19.1. The van der Waals surface area contributed by atoms with Gasteiger partial charge in [0.1, 0.15) is 5.41 Å². The normalized spacial score (nSPS) is 16.6. The highest BCUT2D eigenvalue weighted by Crippen LogP contribution is 2.46. The van der Waals surface area contributed by atoms with Crippen LogP contribution in [-0.4, -0.2) is 22.0 Å². The molecule has 16 heavy (non-hydrogen) atoms. The van der Waals surface area contributed by atoms with Crippen molar-refractivity contribution in [2.24, 2.45) is 5.41 Å². The van der Waals surface area contributed by atoms with Crippen molar-refractivity contribution in [1.82, 2.24) is 4.98 Å². The summed E-state index contributed by atoms with van der Waals surface area (Å²) in [6, 6.07) is 1.28. The van der Waals surface area contributed by atoms with Crippen molar-refractivity contribution >= 4 is 17.6 Å². The molecule has 2 rings (SSSR count). The van der Waals surface area contributed by atoms with Crippen molar-refractivity contribution < 1.29 is 19.1 Å². The number of carbonyl (C=O) groups excluding carboxylic acids is 1. The molecule has 84 valence electrons. The van der Waals surface area contributed by atoms with E-state index in [1.54, 1.807) is 0 Å². The van der Waals surface area contributed by atoms with Gasteiger partial charge >= 0.3 is 5.97 Å². The Morgan fingerprint density at radius 2 is 2.19 bits per heavy atom. The highest BCUT2D eigenvalue weighted by Gasteiger charge is 2.57. The van der Waals surface area contributed by atoms with E-state index >= 15 is 0 Å². The van der Waals surface area contributed by atoms with E-state index in [0.29, 0.717) is 12.8 Å². The predicted octanol–water partition coefficient (Wildman–Crippen LogP) is 1.02. The number of carbonyl (C=O) groups is 2. The number of nitrogens with zero attached hydrogens (tertiary/aromatic N) is 1. The fraction of sp³-hybridized carbons (Fsp3) is 0.300. The van der Waals surface area contributed by atoms with Crippen molar-refractivity contribution in [2.45, 2.75) is 12.8 Å². The van der Waals surface area contributed by atoms with Gasteiger partial charge in [0.25, 0.3) is 0 Å². The van der Waals surface area contributed by atoms with Crippen LogP contribution < -0.4 is 5.32 Å². The molecule has 0 aliphatic heterocycles. The SMILES string of the molecule is O=C(O)C1(C(=O)Nc2ccncc2F)CC1. The number of pyridine rings is 1. The minimum atomic E-state index is -1.37. The number of hydrogen-bond acceptors (Lipinski definition) is 3. The van der Waals surface area contributed by atoms with Gasteiger partial charge in [-0.3, -0.25) is 14.6 Å². The summed E-state index contributed by atoms with van der Waals surface area (Å²) < 4.78 is 13.1. The van der Waals surface area contributed by atoms with Crippen LogP contribution in [0.15, 0.2) is 18.5 Å². The minimum Gasteiger partial charge on any atom is -0.480 e. The number of amides is 1. The fourth-order valence-corrected chi connectivity index (χ4v) is 1.38.